The molecule has 4 rings (SSSR count). The molecular weight excluding hydrogens is 382 g/mol. The third kappa shape index (κ3) is 4.52. The lowest BCUT2D eigenvalue weighted by molar-refractivity contribution is -0.134. The van der Waals surface area contributed by atoms with E-state index in [1.165, 1.54) is 11.1 Å². The zero-order valence-corrected chi connectivity index (χ0v) is 16.0. The minimum atomic E-state index is -1.26. The van der Waals surface area contributed by atoms with Gasteiger partial charge in [0.1, 0.15) is 11.5 Å². The van der Waals surface area contributed by atoms with Gasteiger partial charge in [-0.2, -0.15) is 0 Å². The molecule has 1 saturated heterocycles. The topological polar surface area (TPSA) is 87.1 Å². The summed E-state index contributed by atoms with van der Waals surface area (Å²) < 4.78 is 6.15. The van der Waals surface area contributed by atoms with Gasteiger partial charge in [0.05, 0.1) is 0 Å². The molecular formula is C21H20ClNO5. The van der Waals surface area contributed by atoms with Crippen LogP contribution in [-0.2, 0) is 9.59 Å². The van der Waals surface area contributed by atoms with Gasteiger partial charge in [-0.1, -0.05) is 29.8 Å². The van der Waals surface area contributed by atoms with Crippen LogP contribution in [0, 0.1) is 0 Å². The highest BCUT2D eigenvalue weighted by atomic mass is 35.5. The van der Waals surface area contributed by atoms with E-state index in [1.54, 1.807) is 0 Å². The number of fused-ring (bicyclic) bond motifs is 5. The van der Waals surface area contributed by atoms with Crippen molar-refractivity contribution in [1.29, 1.82) is 0 Å². The number of likely N-dealkylation sites (N-methyl/N-ethyl adjacent to an activating group) is 1. The number of nitrogens with zero attached hydrogens (tertiary/aromatic N) is 1. The molecule has 0 amide bonds. The average Bonchev–Trinajstić information content (AvgIpc) is 2.98. The van der Waals surface area contributed by atoms with Gasteiger partial charge in [-0.25, -0.2) is 9.59 Å². The normalized spacial score (nSPS) is 20.1. The fourth-order valence-electron chi connectivity index (χ4n) is 3.67. The second kappa shape index (κ2) is 8.46. The lowest BCUT2D eigenvalue weighted by Gasteiger charge is -2.17. The Morgan fingerprint density at radius 2 is 1.57 bits per heavy atom. The molecule has 6 nitrogen and oxygen atoms in total. The predicted octanol–water partition coefficient (Wildman–Crippen LogP) is 3.97. The van der Waals surface area contributed by atoms with Crippen molar-refractivity contribution in [2.45, 2.75) is 11.8 Å². The summed E-state index contributed by atoms with van der Waals surface area (Å²) in [6.45, 7) is 2.12. The summed E-state index contributed by atoms with van der Waals surface area (Å²) >= 11 is 6.20. The number of benzene rings is 2. The van der Waals surface area contributed by atoms with Crippen molar-refractivity contribution in [3.05, 3.63) is 70.8 Å². The zero-order valence-electron chi connectivity index (χ0n) is 15.2. The van der Waals surface area contributed by atoms with Crippen molar-refractivity contribution in [1.82, 2.24) is 4.90 Å². The number of carboxylic acid groups (broad SMARTS) is 2. The molecule has 0 bridgehead atoms. The number of carboxylic acids is 2. The van der Waals surface area contributed by atoms with E-state index in [1.807, 2.05) is 18.2 Å². The third-order valence-electron chi connectivity index (χ3n) is 4.78. The van der Waals surface area contributed by atoms with Gasteiger partial charge in [0.2, 0.25) is 0 Å². The molecule has 2 aliphatic rings. The Labute approximate surface area is 167 Å². The maximum Gasteiger partial charge on any atom is 0.328 e. The molecule has 28 heavy (non-hydrogen) atoms. The molecule has 2 aromatic carbocycles. The smallest absolute Gasteiger partial charge is 0.328 e. The third-order valence-corrected chi connectivity index (χ3v) is 5.02. The highest BCUT2D eigenvalue weighted by molar-refractivity contribution is 6.30. The predicted molar refractivity (Wildman–Crippen MR) is 105 cm³/mol. The van der Waals surface area contributed by atoms with Crippen molar-refractivity contribution in [2.24, 2.45) is 0 Å². The number of halogens is 1. The fraction of sp³-hybridized carbons (Fsp3) is 0.238. The van der Waals surface area contributed by atoms with Gasteiger partial charge in [-0.15, -0.1) is 0 Å². The molecule has 2 heterocycles. The quantitative estimate of drug-likeness (QED) is 0.740. The largest absolute Gasteiger partial charge is 0.478 e. The summed E-state index contributed by atoms with van der Waals surface area (Å²) in [4.78, 5) is 21.5. The minimum Gasteiger partial charge on any atom is -0.478 e. The van der Waals surface area contributed by atoms with Crippen LogP contribution in [0.3, 0.4) is 0 Å². The van der Waals surface area contributed by atoms with Gasteiger partial charge in [-0.3, -0.25) is 0 Å². The first-order chi connectivity index (χ1) is 13.3. The van der Waals surface area contributed by atoms with E-state index in [0.717, 1.165) is 29.6 Å². The molecule has 0 unspecified atom stereocenters. The molecule has 2 atom stereocenters. The first kappa shape index (κ1) is 19.9. The molecule has 2 aliphatic heterocycles. The van der Waals surface area contributed by atoms with Crippen LogP contribution in [0.15, 0.2) is 54.6 Å². The summed E-state index contributed by atoms with van der Waals surface area (Å²) in [6.07, 6.45) is 1.12. The van der Waals surface area contributed by atoms with Crippen LogP contribution >= 0.6 is 11.6 Å². The van der Waals surface area contributed by atoms with Gasteiger partial charge in [0.25, 0.3) is 0 Å². The number of ether oxygens (including phenoxy) is 1. The molecule has 2 N–H and O–H groups in total. The molecule has 0 radical (unpaired) electrons. The van der Waals surface area contributed by atoms with Gasteiger partial charge >= 0.3 is 11.9 Å². The zero-order chi connectivity index (χ0) is 20.3. The highest BCUT2D eigenvalue weighted by Gasteiger charge is 2.38. The summed E-state index contributed by atoms with van der Waals surface area (Å²) in [5, 5.41) is 16.4. The Morgan fingerprint density at radius 1 is 1.00 bits per heavy atom. The van der Waals surface area contributed by atoms with E-state index in [0.29, 0.717) is 24.0 Å². The summed E-state index contributed by atoms with van der Waals surface area (Å²) in [5.74, 6) is 0.358. The summed E-state index contributed by atoms with van der Waals surface area (Å²) in [6, 6.07) is 14.4. The van der Waals surface area contributed by atoms with Crippen LogP contribution in [0.4, 0.5) is 0 Å². The number of para-hydroxylation sites is 1. The minimum absolute atomic E-state index is 0.456. The van der Waals surface area contributed by atoms with Gasteiger partial charge < -0.3 is 19.8 Å². The number of likely N-dealkylation sites (tertiary alicyclic amines) is 1. The van der Waals surface area contributed by atoms with E-state index in [-0.39, 0.29) is 0 Å². The first-order valence-corrected chi connectivity index (χ1v) is 9.11. The van der Waals surface area contributed by atoms with Crippen molar-refractivity contribution in [3.8, 4) is 11.5 Å². The van der Waals surface area contributed by atoms with Crippen LogP contribution < -0.4 is 4.74 Å². The second-order valence-corrected chi connectivity index (χ2v) is 7.20. The van der Waals surface area contributed by atoms with E-state index in [2.05, 4.69) is 36.2 Å². The van der Waals surface area contributed by atoms with Gasteiger partial charge in [-0.05, 0) is 36.9 Å². The molecule has 0 aliphatic carbocycles. The van der Waals surface area contributed by atoms with Crippen molar-refractivity contribution < 1.29 is 24.5 Å². The van der Waals surface area contributed by atoms with Gasteiger partial charge in [0.15, 0.2) is 0 Å². The van der Waals surface area contributed by atoms with Gasteiger partial charge in [0, 0.05) is 47.7 Å². The lowest BCUT2D eigenvalue weighted by Crippen LogP contribution is -2.14. The first-order valence-electron chi connectivity index (χ1n) is 8.74. The van der Waals surface area contributed by atoms with Crippen molar-refractivity contribution in [3.63, 3.8) is 0 Å². The van der Waals surface area contributed by atoms with E-state index >= 15 is 0 Å². The summed E-state index contributed by atoms with van der Waals surface area (Å²) in [7, 11) is 2.18. The standard InChI is InChI=1S/C17H16ClNO.C4H4O4/c1-19-9-14-12-4-2-3-5-16(12)20-17-7-6-11(18)8-13(17)15(14)10-19;5-3(6)1-2-4(7)8/h2-8,14-15H,9-10H2,1H3;1-2H,(H,5,6)(H,7,8)/t14-,15+;/m0./s1. The average molecular weight is 402 g/mol. The number of aliphatic carboxylic acids is 2. The monoisotopic (exact) mass is 401 g/mol. The number of hydrogen-bond donors (Lipinski definition) is 2. The highest BCUT2D eigenvalue weighted by Crippen LogP contribution is 2.49. The maximum absolute atomic E-state index is 9.55. The Kier molecular flexibility index (Phi) is 6.02. The SMILES string of the molecule is CN1C[C@@H]2c3cc(Cl)ccc3Oc3ccccc3[C@@H]2C1.O=C(O)C=CC(=O)O. The molecule has 0 saturated carbocycles. The summed E-state index contributed by atoms with van der Waals surface area (Å²) in [5.41, 5.74) is 2.55. The van der Waals surface area contributed by atoms with E-state index < -0.39 is 11.9 Å². The molecule has 146 valence electrons. The van der Waals surface area contributed by atoms with Crippen molar-refractivity contribution >= 4 is 23.5 Å². The van der Waals surface area contributed by atoms with Crippen LogP contribution in [0.5, 0.6) is 11.5 Å². The van der Waals surface area contributed by atoms with Crippen LogP contribution in [-0.4, -0.2) is 47.2 Å². The second-order valence-electron chi connectivity index (χ2n) is 6.77. The van der Waals surface area contributed by atoms with Crippen molar-refractivity contribution in [2.75, 3.05) is 20.1 Å². The Balaban J connectivity index is 0.000000242. The molecule has 2 aromatic rings. The molecule has 1 fully saturated rings. The lowest BCUT2D eigenvalue weighted by atomic mass is 9.84. The Morgan fingerprint density at radius 3 is 2.21 bits per heavy atom. The van der Waals surface area contributed by atoms with Crippen LogP contribution in [0.2, 0.25) is 5.02 Å². The maximum atomic E-state index is 9.55. The van der Waals surface area contributed by atoms with E-state index in [9.17, 15) is 9.59 Å². The van der Waals surface area contributed by atoms with Crippen LogP contribution in [0.1, 0.15) is 23.0 Å². The Bertz CT molecular complexity index is 911. The van der Waals surface area contributed by atoms with Crippen LogP contribution in [0.25, 0.3) is 0 Å². The molecule has 0 aromatic heterocycles. The number of hydrogen-bond acceptors (Lipinski definition) is 4. The number of carbonyl (C=O) groups is 2. The fourth-order valence-corrected chi connectivity index (χ4v) is 3.85. The van der Waals surface area contributed by atoms with E-state index in [4.69, 9.17) is 26.6 Å². The Hall–Kier alpha value is -2.83. The number of rotatable bonds is 2. The molecule has 7 heteroatoms. The molecule has 0 spiro atoms.